The predicted octanol–water partition coefficient (Wildman–Crippen LogP) is 3.54. The van der Waals surface area contributed by atoms with Crippen molar-refractivity contribution in [3.63, 3.8) is 0 Å². The van der Waals surface area contributed by atoms with Crippen LogP contribution in [0, 0.1) is 0 Å². The molecule has 26 heavy (non-hydrogen) atoms. The molecule has 0 spiro atoms. The van der Waals surface area contributed by atoms with Crippen molar-refractivity contribution in [1.82, 2.24) is 20.2 Å². The van der Waals surface area contributed by atoms with E-state index in [0.29, 0.717) is 31.3 Å². The normalized spacial score (nSPS) is 17.7. The van der Waals surface area contributed by atoms with Gasteiger partial charge in [0.05, 0.1) is 5.92 Å². The monoisotopic (exact) mass is 361 g/mol. The van der Waals surface area contributed by atoms with Crippen LogP contribution in [0.4, 0.5) is 19.1 Å². The molecular weight excluding hydrogens is 347 g/mol. The molecule has 2 aromatic heterocycles. The molecule has 4 rings (SSSR count). The second kappa shape index (κ2) is 6.40. The first-order valence-corrected chi connectivity index (χ1v) is 8.05. The third kappa shape index (κ3) is 3.24. The minimum absolute atomic E-state index is 0.0603. The standard InChI is InChI=1S/C17H14F3N5O/c18-17(19,20)13-6-8-21-16(22-13)25-9-7-12(10-25)15-24-23-14(26-15)11-4-2-1-3-5-11/h1-6,8,12H,7,9-10H2/t12-/m0/s1. The number of rotatable bonds is 3. The maximum absolute atomic E-state index is 12.8. The van der Waals surface area contributed by atoms with Crippen molar-refractivity contribution >= 4 is 5.95 Å². The zero-order valence-corrected chi connectivity index (χ0v) is 13.5. The Balaban J connectivity index is 1.50. The maximum atomic E-state index is 12.8. The van der Waals surface area contributed by atoms with Gasteiger partial charge in [-0.3, -0.25) is 0 Å². The van der Waals surface area contributed by atoms with Crippen LogP contribution in [-0.4, -0.2) is 33.3 Å². The highest BCUT2D eigenvalue weighted by molar-refractivity contribution is 5.51. The van der Waals surface area contributed by atoms with E-state index in [9.17, 15) is 13.2 Å². The van der Waals surface area contributed by atoms with Gasteiger partial charge in [0.15, 0.2) is 0 Å². The third-order valence-corrected chi connectivity index (χ3v) is 4.22. The molecule has 0 unspecified atom stereocenters. The molecule has 0 saturated carbocycles. The molecule has 1 aliphatic rings. The molecule has 1 aliphatic heterocycles. The fourth-order valence-corrected chi connectivity index (χ4v) is 2.90. The average molecular weight is 361 g/mol. The summed E-state index contributed by atoms with van der Waals surface area (Å²) in [5.41, 5.74) is -0.127. The Labute approximate surface area is 146 Å². The molecule has 0 N–H and O–H groups in total. The van der Waals surface area contributed by atoms with Gasteiger partial charge in [-0.05, 0) is 24.6 Å². The van der Waals surface area contributed by atoms with Gasteiger partial charge >= 0.3 is 6.18 Å². The van der Waals surface area contributed by atoms with E-state index in [1.807, 2.05) is 30.3 Å². The second-order valence-electron chi connectivity index (χ2n) is 5.98. The SMILES string of the molecule is FC(F)(F)c1ccnc(N2CC[C@H](c3nnc(-c4ccccc4)o3)C2)n1. The largest absolute Gasteiger partial charge is 0.433 e. The van der Waals surface area contributed by atoms with E-state index in [2.05, 4.69) is 20.2 Å². The lowest BCUT2D eigenvalue weighted by Crippen LogP contribution is -2.23. The summed E-state index contributed by atoms with van der Waals surface area (Å²) in [4.78, 5) is 9.29. The minimum Gasteiger partial charge on any atom is -0.420 e. The number of halogens is 3. The lowest BCUT2D eigenvalue weighted by atomic mass is 10.1. The van der Waals surface area contributed by atoms with Crippen molar-refractivity contribution in [2.45, 2.75) is 18.5 Å². The highest BCUT2D eigenvalue weighted by Crippen LogP contribution is 2.32. The van der Waals surface area contributed by atoms with E-state index < -0.39 is 11.9 Å². The van der Waals surface area contributed by atoms with Crippen molar-refractivity contribution in [3.05, 3.63) is 54.2 Å². The fraction of sp³-hybridized carbons (Fsp3) is 0.294. The summed E-state index contributed by atoms with van der Waals surface area (Å²) < 4.78 is 44.2. The van der Waals surface area contributed by atoms with Crippen LogP contribution in [0.15, 0.2) is 47.0 Å². The van der Waals surface area contributed by atoms with E-state index in [0.717, 1.165) is 17.8 Å². The van der Waals surface area contributed by atoms with Crippen LogP contribution in [0.5, 0.6) is 0 Å². The van der Waals surface area contributed by atoms with Crippen LogP contribution in [0.25, 0.3) is 11.5 Å². The molecular formula is C17H14F3N5O. The molecule has 0 bridgehead atoms. The Morgan fingerprint density at radius 1 is 1.08 bits per heavy atom. The Morgan fingerprint density at radius 2 is 1.88 bits per heavy atom. The fourth-order valence-electron chi connectivity index (χ4n) is 2.90. The van der Waals surface area contributed by atoms with Gasteiger partial charge in [0.2, 0.25) is 17.7 Å². The number of benzene rings is 1. The van der Waals surface area contributed by atoms with E-state index in [1.54, 1.807) is 4.90 Å². The number of alkyl halides is 3. The van der Waals surface area contributed by atoms with Gasteiger partial charge in [0, 0.05) is 24.8 Å². The third-order valence-electron chi connectivity index (χ3n) is 4.22. The van der Waals surface area contributed by atoms with Crippen LogP contribution >= 0.6 is 0 Å². The Kier molecular flexibility index (Phi) is 4.06. The first-order valence-electron chi connectivity index (χ1n) is 8.05. The van der Waals surface area contributed by atoms with Crippen LogP contribution in [0.3, 0.4) is 0 Å². The molecule has 1 aromatic carbocycles. The summed E-state index contributed by atoms with van der Waals surface area (Å²) >= 11 is 0. The van der Waals surface area contributed by atoms with Gasteiger partial charge in [-0.15, -0.1) is 10.2 Å². The van der Waals surface area contributed by atoms with Crippen molar-refractivity contribution in [3.8, 4) is 11.5 Å². The van der Waals surface area contributed by atoms with Gasteiger partial charge in [-0.1, -0.05) is 18.2 Å². The summed E-state index contributed by atoms with van der Waals surface area (Å²) in [7, 11) is 0. The van der Waals surface area contributed by atoms with Crippen molar-refractivity contribution in [1.29, 1.82) is 0 Å². The van der Waals surface area contributed by atoms with Crippen LogP contribution < -0.4 is 4.90 Å². The van der Waals surface area contributed by atoms with E-state index in [4.69, 9.17) is 4.42 Å². The lowest BCUT2D eigenvalue weighted by Gasteiger charge is -2.16. The highest BCUT2D eigenvalue weighted by atomic mass is 19.4. The molecule has 3 aromatic rings. The summed E-state index contributed by atoms with van der Waals surface area (Å²) in [6.45, 7) is 0.951. The molecule has 0 amide bonds. The summed E-state index contributed by atoms with van der Waals surface area (Å²) in [6, 6.07) is 10.2. The first-order chi connectivity index (χ1) is 12.5. The second-order valence-corrected chi connectivity index (χ2v) is 5.98. The van der Waals surface area contributed by atoms with Crippen molar-refractivity contribution in [2.24, 2.45) is 0 Å². The van der Waals surface area contributed by atoms with Gasteiger partial charge < -0.3 is 9.32 Å². The summed E-state index contributed by atoms with van der Waals surface area (Å²) in [5, 5.41) is 8.16. The lowest BCUT2D eigenvalue weighted by molar-refractivity contribution is -0.141. The summed E-state index contributed by atoms with van der Waals surface area (Å²) in [5.74, 6) is 0.885. The number of hydrogen-bond donors (Lipinski definition) is 0. The predicted molar refractivity (Wildman–Crippen MR) is 86.3 cm³/mol. The van der Waals surface area contributed by atoms with Crippen LogP contribution in [0.2, 0.25) is 0 Å². The minimum atomic E-state index is -4.49. The van der Waals surface area contributed by atoms with Crippen LogP contribution in [-0.2, 0) is 6.18 Å². The highest BCUT2D eigenvalue weighted by Gasteiger charge is 2.35. The molecule has 1 atom stereocenters. The Bertz CT molecular complexity index is 897. The number of hydrogen-bond acceptors (Lipinski definition) is 6. The molecule has 0 radical (unpaired) electrons. The zero-order valence-electron chi connectivity index (χ0n) is 13.5. The Morgan fingerprint density at radius 3 is 2.65 bits per heavy atom. The number of anilines is 1. The molecule has 1 fully saturated rings. The van der Waals surface area contributed by atoms with Gasteiger partial charge in [0.25, 0.3) is 0 Å². The Hall–Kier alpha value is -2.97. The quantitative estimate of drug-likeness (QED) is 0.711. The van der Waals surface area contributed by atoms with Gasteiger partial charge in [-0.25, -0.2) is 9.97 Å². The first kappa shape index (κ1) is 16.5. The average Bonchev–Trinajstić information content (AvgIpc) is 3.31. The summed E-state index contributed by atoms with van der Waals surface area (Å²) in [6.07, 6.45) is -2.69. The van der Waals surface area contributed by atoms with Crippen molar-refractivity contribution < 1.29 is 17.6 Å². The molecule has 6 nitrogen and oxygen atoms in total. The smallest absolute Gasteiger partial charge is 0.420 e. The molecule has 134 valence electrons. The van der Waals surface area contributed by atoms with E-state index >= 15 is 0 Å². The van der Waals surface area contributed by atoms with Gasteiger partial charge in [-0.2, -0.15) is 13.2 Å². The zero-order chi connectivity index (χ0) is 18.1. The molecule has 1 saturated heterocycles. The van der Waals surface area contributed by atoms with E-state index in [-0.39, 0.29) is 11.9 Å². The number of nitrogens with zero attached hydrogens (tertiary/aromatic N) is 5. The molecule has 0 aliphatic carbocycles. The van der Waals surface area contributed by atoms with Crippen molar-refractivity contribution in [2.75, 3.05) is 18.0 Å². The van der Waals surface area contributed by atoms with Gasteiger partial charge in [0.1, 0.15) is 5.69 Å². The van der Waals surface area contributed by atoms with Crippen LogP contribution in [0.1, 0.15) is 23.9 Å². The molecule has 9 heteroatoms. The number of aromatic nitrogens is 4. The maximum Gasteiger partial charge on any atom is 0.433 e. The topological polar surface area (TPSA) is 67.9 Å². The van der Waals surface area contributed by atoms with E-state index in [1.165, 1.54) is 0 Å². The molecule has 3 heterocycles.